The van der Waals surface area contributed by atoms with Gasteiger partial charge in [-0.1, -0.05) is 0 Å². The van der Waals surface area contributed by atoms with E-state index in [4.69, 9.17) is 14.2 Å². The summed E-state index contributed by atoms with van der Waals surface area (Å²) >= 11 is 0. The molecule has 1 aliphatic carbocycles. The van der Waals surface area contributed by atoms with Gasteiger partial charge in [-0.15, -0.1) is 0 Å². The van der Waals surface area contributed by atoms with E-state index in [9.17, 15) is 4.79 Å². The van der Waals surface area contributed by atoms with Crippen LogP contribution in [-0.4, -0.2) is 68.0 Å². The highest BCUT2D eigenvalue weighted by atomic mass is 16.7. The zero-order chi connectivity index (χ0) is 23.6. The summed E-state index contributed by atoms with van der Waals surface area (Å²) in [6, 6.07) is 7.74. The highest BCUT2D eigenvalue weighted by Crippen LogP contribution is 2.35. The molecule has 35 heavy (non-hydrogen) atoms. The predicted octanol–water partition coefficient (Wildman–Crippen LogP) is 3.25. The Balaban J connectivity index is 0.918. The molecule has 0 bridgehead atoms. The summed E-state index contributed by atoms with van der Waals surface area (Å²) in [6.45, 7) is 6.32. The normalized spacial score (nSPS) is 23.6. The lowest BCUT2D eigenvalue weighted by Crippen LogP contribution is -2.47. The number of rotatable bonds is 6. The van der Waals surface area contributed by atoms with Gasteiger partial charge in [-0.05, 0) is 68.8 Å². The Morgan fingerprint density at radius 1 is 1.00 bits per heavy atom. The lowest BCUT2D eigenvalue weighted by atomic mass is 9.84. The molecule has 1 aromatic heterocycles. The van der Waals surface area contributed by atoms with Gasteiger partial charge in [0.1, 0.15) is 0 Å². The van der Waals surface area contributed by atoms with E-state index < -0.39 is 0 Å². The van der Waals surface area contributed by atoms with Crippen molar-refractivity contribution < 1.29 is 19.0 Å². The number of ether oxygens (including phenoxy) is 3. The van der Waals surface area contributed by atoms with Crippen molar-refractivity contribution in [1.29, 1.82) is 0 Å². The second-order valence-electron chi connectivity index (χ2n) is 10.1. The molecule has 6 rings (SSSR count). The van der Waals surface area contributed by atoms with Gasteiger partial charge in [0, 0.05) is 56.0 Å². The molecular weight excluding hydrogens is 444 g/mol. The number of carbonyl (C=O) groups excluding carboxylic acids is 1. The van der Waals surface area contributed by atoms with Crippen molar-refractivity contribution in [2.24, 2.45) is 5.92 Å². The number of fused-ring (bicyclic) bond motifs is 2. The number of nitrogens with one attached hydrogen (secondary N) is 1. The van der Waals surface area contributed by atoms with E-state index >= 15 is 0 Å². The molecule has 8 heteroatoms. The van der Waals surface area contributed by atoms with E-state index in [1.807, 2.05) is 18.3 Å². The van der Waals surface area contributed by atoms with Gasteiger partial charge in [-0.2, -0.15) is 0 Å². The number of amides is 1. The fraction of sp³-hybridized carbons (Fsp3) is 0.556. The molecule has 1 amide bonds. The van der Waals surface area contributed by atoms with Crippen LogP contribution in [0.3, 0.4) is 0 Å². The SMILES string of the molecule is O=C(NC1CCC(CCN2CCN(c3nccc4c3OCC4)CC2)CC1)c1ccc2c(c1)OCO2. The maximum Gasteiger partial charge on any atom is 0.251 e. The van der Waals surface area contributed by atoms with Gasteiger partial charge in [0.15, 0.2) is 23.1 Å². The Bertz CT molecular complexity index is 1060. The average molecular weight is 479 g/mol. The third-order valence-electron chi connectivity index (χ3n) is 7.93. The van der Waals surface area contributed by atoms with E-state index in [1.165, 1.54) is 24.8 Å². The number of benzene rings is 1. The number of pyridine rings is 1. The van der Waals surface area contributed by atoms with Gasteiger partial charge in [-0.25, -0.2) is 4.98 Å². The topological polar surface area (TPSA) is 76.2 Å². The standard InChI is InChI=1S/C27H34N4O4/c32-27(21-3-6-23-24(17-21)35-18-34-23)29-22-4-1-19(2-5-22)8-11-30-12-14-31(15-13-30)26-25-20(7-10-28-26)9-16-33-25/h3,6-7,10,17,19,22H,1-2,4-5,8-9,11-16,18H2,(H,29,32). The molecule has 3 aliphatic heterocycles. The molecule has 0 unspecified atom stereocenters. The van der Waals surface area contributed by atoms with Gasteiger partial charge < -0.3 is 24.4 Å². The summed E-state index contributed by atoms with van der Waals surface area (Å²) in [4.78, 5) is 22.3. The molecule has 4 aliphatic rings. The molecule has 8 nitrogen and oxygen atoms in total. The van der Waals surface area contributed by atoms with Gasteiger partial charge >= 0.3 is 0 Å². The number of hydrogen-bond acceptors (Lipinski definition) is 7. The van der Waals surface area contributed by atoms with Crippen LogP contribution in [0.25, 0.3) is 0 Å². The largest absolute Gasteiger partial charge is 0.489 e. The third kappa shape index (κ3) is 4.89. The Morgan fingerprint density at radius 3 is 2.69 bits per heavy atom. The zero-order valence-corrected chi connectivity index (χ0v) is 20.2. The van der Waals surface area contributed by atoms with Gasteiger partial charge in [0.05, 0.1) is 6.61 Å². The average Bonchev–Trinajstić information content (AvgIpc) is 3.57. The van der Waals surface area contributed by atoms with Crippen LogP contribution in [0.4, 0.5) is 5.82 Å². The maximum absolute atomic E-state index is 12.7. The number of anilines is 1. The van der Waals surface area contributed by atoms with Gasteiger partial charge in [0.2, 0.25) is 6.79 Å². The molecule has 1 saturated heterocycles. The lowest BCUT2D eigenvalue weighted by molar-refractivity contribution is 0.0919. The quantitative estimate of drug-likeness (QED) is 0.683. The summed E-state index contributed by atoms with van der Waals surface area (Å²) in [5, 5.41) is 3.22. The third-order valence-corrected chi connectivity index (χ3v) is 7.93. The fourth-order valence-electron chi connectivity index (χ4n) is 5.77. The Labute approximate surface area is 206 Å². The molecule has 1 saturated carbocycles. The first-order valence-electron chi connectivity index (χ1n) is 13.0. The lowest BCUT2D eigenvalue weighted by Gasteiger charge is -2.37. The Hall–Kier alpha value is -3.00. The second-order valence-corrected chi connectivity index (χ2v) is 10.1. The molecule has 2 aromatic rings. The van der Waals surface area contributed by atoms with Crippen molar-refractivity contribution in [2.45, 2.75) is 44.6 Å². The minimum absolute atomic E-state index is 0.0198. The fourth-order valence-corrected chi connectivity index (χ4v) is 5.77. The summed E-state index contributed by atoms with van der Waals surface area (Å²) in [6.07, 6.45) is 8.63. The first-order valence-corrected chi connectivity index (χ1v) is 13.0. The van der Waals surface area contributed by atoms with Crippen LogP contribution in [0.1, 0.15) is 48.0 Å². The number of piperazine rings is 1. The van der Waals surface area contributed by atoms with Crippen molar-refractivity contribution in [3.05, 3.63) is 41.6 Å². The number of hydrogen-bond donors (Lipinski definition) is 1. The van der Waals surface area contributed by atoms with E-state index in [2.05, 4.69) is 26.2 Å². The number of nitrogens with zero attached hydrogens (tertiary/aromatic N) is 3. The van der Waals surface area contributed by atoms with Crippen LogP contribution >= 0.6 is 0 Å². The highest BCUT2D eigenvalue weighted by molar-refractivity contribution is 5.95. The van der Waals surface area contributed by atoms with Crippen molar-refractivity contribution >= 4 is 11.7 Å². The molecule has 186 valence electrons. The summed E-state index contributed by atoms with van der Waals surface area (Å²) in [5.74, 6) is 4.12. The van der Waals surface area contributed by atoms with Crippen LogP contribution in [-0.2, 0) is 6.42 Å². The van der Waals surface area contributed by atoms with Crippen LogP contribution < -0.4 is 24.4 Å². The zero-order valence-electron chi connectivity index (χ0n) is 20.2. The van der Waals surface area contributed by atoms with Crippen molar-refractivity contribution in [1.82, 2.24) is 15.2 Å². The van der Waals surface area contributed by atoms with Crippen molar-refractivity contribution in [3.8, 4) is 17.2 Å². The molecule has 4 heterocycles. The number of aromatic nitrogens is 1. The van der Waals surface area contributed by atoms with Gasteiger partial charge in [-0.3, -0.25) is 9.69 Å². The first kappa shape index (κ1) is 22.5. The minimum atomic E-state index is -0.0198. The Kier molecular flexibility index (Phi) is 6.37. The van der Waals surface area contributed by atoms with Gasteiger partial charge in [0.25, 0.3) is 5.91 Å². The van der Waals surface area contributed by atoms with Crippen LogP contribution in [0.5, 0.6) is 17.2 Å². The summed E-state index contributed by atoms with van der Waals surface area (Å²) in [7, 11) is 0. The second kappa shape index (κ2) is 9.93. The maximum atomic E-state index is 12.7. The van der Waals surface area contributed by atoms with Crippen LogP contribution in [0.2, 0.25) is 0 Å². The van der Waals surface area contributed by atoms with E-state index in [0.717, 1.165) is 76.1 Å². The number of carbonyl (C=O) groups is 1. The molecular formula is C27H34N4O4. The predicted molar refractivity (Wildman–Crippen MR) is 132 cm³/mol. The van der Waals surface area contributed by atoms with Crippen LogP contribution in [0.15, 0.2) is 30.5 Å². The molecule has 1 aromatic carbocycles. The van der Waals surface area contributed by atoms with Crippen molar-refractivity contribution in [2.75, 3.05) is 51.0 Å². The summed E-state index contributed by atoms with van der Waals surface area (Å²) < 4.78 is 16.6. The first-order chi connectivity index (χ1) is 17.2. The summed E-state index contributed by atoms with van der Waals surface area (Å²) in [5.41, 5.74) is 1.93. The minimum Gasteiger partial charge on any atom is -0.489 e. The van der Waals surface area contributed by atoms with E-state index in [0.29, 0.717) is 17.1 Å². The Morgan fingerprint density at radius 2 is 1.83 bits per heavy atom. The van der Waals surface area contributed by atoms with Crippen LogP contribution in [0, 0.1) is 5.92 Å². The molecule has 0 spiro atoms. The van der Waals surface area contributed by atoms with E-state index in [-0.39, 0.29) is 18.7 Å². The molecule has 0 radical (unpaired) electrons. The molecule has 0 atom stereocenters. The van der Waals surface area contributed by atoms with E-state index in [1.54, 1.807) is 6.07 Å². The van der Waals surface area contributed by atoms with Crippen molar-refractivity contribution in [3.63, 3.8) is 0 Å². The molecule has 1 N–H and O–H groups in total. The molecule has 2 fully saturated rings. The smallest absolute Gasteiger partial charge is 0.251 e. The highest BCUT2D eigenvalue weighted by Gasteiger charge is 2.27. The monoisotopic (exact) mass is 478 g/mol.